The zero-order valence-corrected chi connectivity index (χ0v) is 21.1. The average Bonchev–Trinajstić information content (AvgIpc) is 3.37. The molecule has 0 spiro atoms. The standard InChI is InChI=1S/C27H31N5O4/c1-33-20-12-10-17(11-13-20)25-30-26(29-18-14-21(34-2)24(36-4)22(15-18)35-3)23-27(31-25)32(16-28-23)19-8-6-5-7-9-19/h10-16,19H,5-9H2,1-4H3,(H,29,30,31). The van der Waals surface area contributed by atoms with Gasteiger partial charge in [-0.2, -0.15) is 0 Å². The maximum absolute atomic E-state index is 5.53. The summed E-state index contributed by atoms with van der Waals surface area (Å²) in [5.74, 6) is 3.62. The fraction of sp³-hybridized carbons (Fsp3) is 0.370. The van der Waals surface area contributed by atoms with E-state index in [-0.39, 0.29) is 0 Å². The molecular weight excluding hydrogens is 458 g/mol. The third-order valence-electron chi connectivity index (χ3n) is 6.67. The first-order valence-corrected chi connectivity index (χ1v) is 12.1. The number of nitrogens with zero attached hydrogens (tertiary/aromatic N) is 4. The van der Waals surface area contributed by atoms with Gasteiger partial charge in [-0.15, -0.1) is 0 Å². The van der Waals surface area contributed by atoms with E-state index >= 15 is 0 Å². The molecule has 9 heteroatoms. The fourth-order valence-electron chi connectivity index (χ4n) is 4.79. The zero-order valence-electron chi connectivity index (χ0n) is 21.1. The smallest absolute Gasteiger partial charge is 0.203 e. The molecule has 0 atom stereocenters. The first-order chi connectivity index (χ1) is 17.6. The monoisotopic (exact) mass is 489 g/mol. The molecule has 1 N–H and O–H groups in total. The van der Waals surface area contributed by atoms with E-state index in [0.29, 0.717) is 40.4 Å². The second-order valence-corrected chi connectivity index (χ2v) is 8.78. The summed E-state index contributed by atoms with van der Waals surface area (Å²) in [6.07, 6.45) is 7.87. The molecule has 2 heterocycles. The molecule has 0 saturated heterocycles. The lowest BCUT2D eigenvalue weighted by molar-refractivity contribution is 0.324. The van der Waals surface area contributed by atoms with E-state index in [4.69, 9.17) is 33.9 Å². The van der Waals surface area contributed by atoms with Crippen LogP contribution in [-0.2, 0) is 0 Å². The van der Waals surface area contributed by atoms with Crippen LogP contribution >= 0.6 is 0 Å². The Morgan fingerprint density at radius 2 is 1.53 bits per heavy atom. The summed E-state index contributed by atoms with van der Waals surface area (Å²) in [5, 5.41) is 3.43. The molecule has 0 aliphatic heterocycles. The highest BCUT2D eigenvalue weighted by molar-refractivity contribution is 5.88. The molecule has 1 aliphatic carbocycles. The Morgan fingerprint density at radius 3 is 2.14 bits per heavy atom. The second-order valence-electron chi connectivity index (χ2n) is 8.78. The normalized spacial score (nSPS) is 14.0. The van der Waals surface area contributed by atoms with Crippen molar-refractivity contribution in [2.75, 3.05) is 33.8 Å². The van der Waals surface area contributed by atoms with Gasteiger partial charge in [-0.25, -0.2) is 15.0 Å². The number of nitrogens with one attached hydrogen (secondary N) is 1. The van der Waals surface area contributed by atoms with Crippen molar-refractivity contribution in [1.29, 1.82) is 0 Å². The van der Waals surface area contributed by atoms with Gasteiger partial charge in [-0.1, -0.05) is 19.3 Å². The molecule has 2 aromatic carbocycles. The van der Waals surface area contributed by atoms with Crippen LogP contribution in [0.25, 0.3) is 22.6 Å². The van der Waals surface area contributed by atoms with E-state index in [9.17, 15) is 0 Å². The van der Waals surface area contributed by atoms with Crippen molar-refractivity contribution in [3.8, 4) is 34.4 Å². The molecule has 0 radical (unpaired) electrons. The van der Waals surface area contributed by atoms with Crippen molar-refractivity contribution in [2.24, 2.45) is 0 Å². The zero-order chi connectivity index (χ0) is 25.1. The van der Waals surface area contributed by atoms with E-state index in [1.807, 2.05) is 42.7 Å². The van der Waals surface area contributed by atoms with Crippen molar-refractivity contribution in [3.05, 3.63) is 42.7 Å². The Hall–Kier alpha value is -4.01. The molecule has 2 aromatic heterocycles. The Morgan fingerprint density at radius 1 is 0.833 bits per heavy atom. The van der Waals surface area contributed by atoms with Crippen LogP contribution in [0.5, 0.6) is 23.0 Å². The molecule has 188 valence electrons. The lowest BCUT2D eigenvalue weighted by atomic mass is 9.95. The molecule has 1 fully saturated rings. The maximum Gasteiger partial charge on any atom is 0.203 e. The van der Waals surface area contributed by atoms with Gasteiger partial charge in [-0.3, -0.25) is 0 Å². The molecule has 1 aliphatic rings. The van der Waals surface area contributed by atoms with Crippen LogP contribution in [-0.4, -0.2) is 48.0 Å². The van der Waals surface area contributed by atoms with Gasteiger partial charge in [0, 0.05) is 29.4 Å². The molecule has 4 aromatic rings. The van der Waals surface area contributed by atoms with Gasteiger partial charge in [0.05, 0.1) is 34.8 Å². The second kappa shape index (κ2) is 10.3. The molecular formula is C27H31N5O4. The van der Waals surface area contributed by atoms with Gasteiger partial charge in [0.1, 0.15) is 5.75 Å². The molecule has 0 unspecified atom stereocenters. The largest absolute Gasteiger partial charge is 0.497 e. The van der Waals surface area contributed by atoms with E-state index in [0.717, 1.165) is 35.5 Å². The number of hydrogen-bond acceptors (Lipinski definition) is 8. The first-order valence-electron chi connectivity index (χ1n) is 12.1. The number of anilines is 2. The molecule has 36 heavy (non-hydrogen) atoms. The molecule has 9 nitrogen and oxygen atoms in total. The number of aromatic nitrogens is 4. The number of fused-ring (bicyclic) bond motifs is 1. The van der Waals surface area contributed by atoms with Crippen molar-refractivity contribution in [3.63, 3.8) is 0 Å². The number of imidazole rings is 1. The highest BCUT2D eigenvalue weighted by Crippen LogP contribution is 2.41. The van der Waals surface area contributed by atoms with Gasteiger partial charge >= 0.3 is 0 Å². The van der Waals surface area contributed by atoms with E-state index < -0.39 is 0 Å². The summed E-state index contributed by atoms with van der Waals surface area (Å²) in [6, 6.07) is 11.8. The summed E-state index contributed by atoms with van der Waals surface area (Å²) in [5.41, 5.74) is 3.16. The Bertz CT molecular complexity index is 1320. The minimum absolute atomic E-state index is 0.386. The van der Waals surface area contributed by atoms with Gasteiger partial charge < -0.3 is 28.8 Å². The summed E-state index contributed by atoms with van der Waals surface area (Å²) >= 11 is 0. The van der Waals surface area contributed by atoms with Crippen LogP contribution in [0.1, 0.15) is 38.1 Å². The van der Waals surface area contributed by atoms with Gasteiger partial charge in [0.25, 0.3) is 0 Å². The minimum atomic E-state index is 0.386. The van der Waals surface area contributed by atoms with Crippen LogP contribution in [0.15, 0.2) is 42.7 Å². The quantitative estimate of drug-likeness (QED) is 0.333. The Kier molecular flexibility index (Phi) is 6.79. The number of rotatable bonds is 8. The summed E-state index contributed by atoms with van der Waals surface area (Å²) in [4.78, 5) is 14.6. The molecule has 1 saturated carbocycles. The maximum atomic E-state index is 5.53. The predicted octanol–water partition coefficient (Wildman–Crippen LogP) is 5.78. The third-order valence-corrected chi connectivity index (χ3v) is 6.67. The number of hydrogen-bond donors (Lipinski definition) is 1. The van der Waals surface area contributed by atoms with Crippen molar-refractivity contribution < 1.29 is 18.9 Å². The van der Waals surface area contributed by atoms with Gasteiger partial charge in [0.2, 0.25) is 5.75 Å². The lowest BCUT2D eigenvalue weighted by Crippen LogP contribution is -2.12. The molecule has 0 amide bonds. The van der Waals surface area contributed by atoms with E-state index in [1.165, 1.54) is 19.3 Å². The highest BCUT2D eigenvalue weighted by Gasteiger charge is 2.22. The average molecular weight is 490 g/mol. The summed E-state index contributed by atoms with van der Waals surface area (Å²) < 4.78 is 24.1. The number of methoxy groups -OCH3 is 4. The highest BCUT2D eigenvalue weighted by atomic mass is 16.5. The summed E-state index contributed by atoms with van der Waals surface area (Å²) in [6.45, 7) is 0. The van der Waals surface area contributed by atoms with Crippen molar-refractivity contribution in [1.82, 2.24) is 19.5 Å². The predicted molar refractivity (Wildman–Crippen MR) is 139 cm³/mol. The van der Waals surface area contributed by atoms with Crippen molar-refractivity contribution >= 4 is 22.7 Å². The summed E-state index contributed by atoms with van der Waals surface area (Å²) in [7, 11) is 6.43. The van der Waals surface area contributed by atoms with Crippen LogP contribution in [0.3, 0.4) is 0 Å². The van der Waals surface area contributed by atoms with Crippen LogP contribution in [0, 0.1) is 0 Å². The van der Waals surface area contributed by atoms with Crippen LogP contribution in [0.4, 0.5) is 11.5 Å². The molecule has 0 bridgehead atoms. The fourth-order valence-corrected chi connectivity index (χ4v) is 4.79. The van der Waals surface area contributed by atoms with E-state index in [2.05, 4.69) is 9.88 Å². The first kappa shape index (κ1) is 23.7. The topological polar surface area (TPSA) is 92.5 Å². The van der Waals surface area contributed by atoms with Gasteiger partial charge in [-0.05, 0) is 37.1 Å². The van der Waals surface area contributed by atoms with Gasteiger partial charge in [0.15, 0.2) is 34.3 Å². The minimum Gasteiger partial charge on any atom is -0.497 e. The SMILES string of the molecule is COc1ccc(-c2nc(Nc3cc(OC)c(OC)c(OC)c3)c3ncn(C4CCCCC4)c3n2)cc1. The van der Waals surface area contributed by atoms with E-state index in [1.54, 1.807) is 28.4 Å². The van der Waals surface area contributed by atoms with Crippen molar-refractivity contribution in [2.45, 2.75) is 38.1 Å². The van der Waals surface area contributed by atoms with Crippen LogP contribution in [0.2, 0.25) is 0 Å². The third kappa shape index (κ3) is 4.48. The number of benzene rings is 2. The number of ether oxygens (including phenoxy) is 4. The Labute approximate surface area is 210 Å². The lowest BCUT2D eigenvalue weighted by Gasteiger charge is -2.23. The Balaban J connectivity index is 1.63. The molecule has 5 rings (SSSR count). The van der Waals surface area contributed by atoms with Crippen LogP contribution < -0.4 is 24.3 Å².